The zero-order chi connectivity index (χ0) is 19.6. The van der Waals surface area contributed by atoms with E-state index in [1.807, 2.05) is 0 Å². The molecule has 0 spiro atoms. The predicted octanol–water partition coefficient (Wildman–Crippen LogP) is 1.78. The lowest BCUT2D eigenvalue weighted by molar-refractivity contribution is -0.917. The molecule has 5 nitrogen and oxygen atoms in total. The Morgan fingerprint density at radius 2 is 1.89 bits per heavy atom. The highest BCUT2D eigenvalue weighted by atomic mass is 19.4. The quantitative estimate of drug-likeness (QED) is 0.795. The molecule has 2 N–H and O–H groups in total. The number of rotatable bonds is 4. The number of carbonyl (C=O) groups is 2. The molecule has 1 saturated heterocycles. The van der Waals surface area contributed by atoms with Gasteiger partial charge in [-0.25, -0.2) is 0 Å². The molecular weight excluding hydrogens is 359 g/mol. The molecule has 3 rings (SSSR count). The summed E-state index contributed by atoms with van der Waals surface area (Å²) in [5.41, 5.74) is 0.838. The second-order valence-corrected chi connectivity index (χ2v) is 6.78. The summed E-state index contributed by atoms with van der Waals surface area (Å²) in [6.07, 6.45) is -2.82. The summed E-state index contributed by atoms with van der Waals surface area (Å²) in [5, 5.41) is 0. The SMILES string of the molecule is CC(=O)c1c[nH]c(C(=O)N2CC[NH+](Cc3cccc(C(F)(F)F)c3)CC2)c1. The third-order valence-corrected chi connectivity index (χ3v) is 4.79. The Balaban J connectivity index is 1.57. The van der Waals surface area contributed by atoms with Gasteiger partial charge in [0.25, 0.3) is 5.91 Å². The van der Waals surface area contributed by atoms with Crippen LogP contribution in [0.15, 0.2) is 36.5 Å². The lowest BCUT2D eigenvalue weighted by Crippen LogP contribution is -3.13. The smallest absolute Gasteiger partial charge is 0.356 e. The Morgan fingerprint density at radius 1 is 1.19 bits per heavy atom. The minimum atomic E-state index is -4.34. The Morgan fingerprint density at radius 3 is 2.48 bits per heavy atom. The van der Waals surface area contributed by atoms with E-state index < -0.39 is 11.7 Å². The minimum Gasteiger partial charge on any atom is -0.356 e. The monoisotopic (exact) mass is 380 g/mol. The van der Waals surface area contributed by atoms with Crippen LogP contribution in [0.3, 0.4) is 0 Å². The van der Waals surface area contributed by atoms with Gasteiger partial charge in [0, 0.05) is 17.3 Å². The second-order valence-electron chi connectivity index (χ2n) is 6.78. The summed E-state index contributed by atoms with van der Waals surface area (Å²) in [4.78, 5) is 29.5. The van der Waals surface area contributed by atoms with Crippen LogP contribution in [0.1, 0.15) is 38.9 Å². The fourth-order valence-electron chi connectivity index (χ4n) is 3.24. The molecule has 27 heavy (non-hydrogen) atoms. The third kappa shape index (κ3) is 4.57. The number of ketones is 1. The number of H-pyrrole nitrogens is 1. The highest BCUT2D eigenvalue weighted by molar-refractivity contribution is 5.99. The fraction of sp³-hybridized carbons (Fsp3) is 0.368. The van der Waals surface area contributed by atoms with Gasteiger partial charge in [-0.2, -0.15) is 13.2 Å². The maximum Gasteiger partial charge on any atom is 0.416 e. The first-order valence-electron chi connectivity index (χ1n) is 8.72. The number of alkyl halides is 3. The number of hydrogen-bond acceptors (Lipinski definition) is 2. The molecule has 1 aliphatic heterocycles. The molecule has 1 amide bonds. The van der Waals surface area contributed by atoms with Crippen molar-refractivity contribution in [3.8, 4) is 0 Å². The van der Waals surface area contributed by atoms with Crippen LogP contribution in [0.25, 0.3) is 0 Å². The van der Waals surface area contributed by atoms with E-state index in [-0.39, 0.29) is 11.7 Å². The maximum absolute atomic E-state index is 12.8. The average molecular weight is 380 g/mol. The topological polar surface area (TPSA) is 57.6 Å². The lowest BCUT2D eigenvalue weighted by atomic mass is 10.1. The van der Waals surface area contributed by atoms with Gasteiger partial charge >= 0.3 is 6.18 Å². The van der Waals surface area contributed by atoms with Crippen LogP contribution in [0, 0.1) is 0 Å². The molecule has 0 aliphatic carbocycles. The van der Waals surface area contributed by atoms with Crippen molar-refractivity contribution in [3.05, 3.63) is 58.9 Å². The molecule has 1 aliphatic rings. The normalized spacial score (nSPS) is 15.8. The standard InChI is InChI=1S/C19H20F3N3O2/c1-13(26)15-10-17(23-11-15)18(27)25-7-5-24(6-8-25)12-14-3-2-4-16(9-14)19(20,21)22/h2-4,9-11,23H,5-8,12H2,1H3/p+1. The van der Waals surface area contributed by atoms with Crippen molar-refractivity contribution >= 4 is 11.7 Å². The Labute approximate surface area is 154 Å². The predicted molar refractivity (Wildman–Crippen MR) is 92.5 cm³/mol. The van der Waals surface area contributed by atoms with Gasteiger partial charge in [-0.1, -0.05) is 12.1 Å². The molecule has 0 saturated carbocycles. The number of hydrogen-bond donors (Lipinski definition) is 2. The van der Waals surface area contributed by atoms with Crippen molar-refractivity contribution in [1.29, 1.82) is 0 Å². The number of Topliss-reactive ketones (excluding diaryl/α,β-unsaturated/α-hetero) is 1. The Hall–Kier alpha value is -2.61. The van der Waals surface area contributed by atoms with E-state index in [0.29, 0.717) is 49.5 Å². The van der Waals surface area contributed by atoms with Gasteiger partial charge in [0.1, 0.15) is 12.2 Å². The first-order valence-corrected chi connectivity index (χ1v) is 8.72. The molecule has 1 aromatic heterocycles. The summed E-state index contributed by atoms with van der Waals surface area (Å²) in [5.74, 6) is -0.277. The van der Waals surface area contributed by atoms with Crippen LogP contribution >= 0.6 is 0 Å². The number of nitrogens with zero attached hydrogens (tertiary/aromatic N) is 1. The molecule has 144 valence electrons. The molecule has 2 aromatic rings. The van der Waals surface area contributed by atoms with Crippen LogP contribution in [0.5, 0.6) is 0 Å². The van der Waals surface area contributed by atoms with Crippen molar-refractivity contribution in [2.24, 2.45) is 0 Å². The van der Waals surface area contributed by atoms with Gasteiger partial charge in [0.2, 0.25) is 0 Å². The molecule has 0 atom stereocenters. The van der Waals surface area contributed by atoms with E-state index in [9.17, 15) is 22.8 Å². The summed E-state index contributed by atoms with van der Waals surface area (Å²) >= 11 is 0. The van der Waals surface area contributed by atoms with Crippen molar-refractivity contribution in [1.82, 2.24) is 9.88 Å². The van der Waals surface area contributed by atoms with Crippen molar-refractivity contribution in [2.75, 3.05) is 26.2 Å². The molecule has 0 radical (unpaired) electrons. The number of amides is 1. The molecule has 2 heterocycles. The summed E-state index contributed by atoms with van der Waals surface area (Å²) < 4.78 is 38.5. The molecule has 1 aromatic carbocycles. The van der Waals surface area contributed by atoms with Crippen LogP contribution < -0.4 is 4.90 Å². The minimum absolute atomic E-state index is 0.111. The van der Waals surface area contributed by atoms with Gasteiger partial charge in [-0.05, 0) is 25.1 Å². The summed E-state index contributed by atoms with van der Waals surface area (Å²) in [7, 11) is 0. The third-order valence-electron chi connectivity index (χ3n) is 4.79. The number of aromatic nitrogens is 1. The number of carbonyl (C=O) groups excluding carboxylic acids is 2. The fourth-order valence-corrected chi connectivity index (χ4v) is 3.24. The van der Waals surface area contributed by atoms with Gasteiger partial charge in [0.05, 0.1) is 31.7 Å². The highest BCUT2D eigenvalue weighted by Gasteiger charge is 2.31. The van der Waals surface area contributed by atoms with Crippen molar-refractivity contribution in [3.63, 3.8) is 0 Å². The van der Waals surface area contributed by atoms with E-state index in [1.165, 1.54) is 25.3 Å². The number of piperazine rings is 1. The number of nitrogens with one attached hydrogen (secondary N) is 2. The van der Waals surface area contributed by atoms with E-state index in [0.717, 1.165) is 11.0 Å². The number of benzene rings is 1. The van der Waals surface area contributed by atoms with E-state index in [4.69, 9.17) is 0 Å². The molecule has 0 bridgehead atoms. The van der Waals surface area contributed by atoms with E-state index in [2.05, 4.69) is 4.98 Å². The second kappa shape index (κ2) is 7.56. The maximum atomic E-state index is 12.8. The number of aromatic amines is 1. The largest absolute Gasteiger partial charge is 0.416 e. The van der Waals surface area contributed by atoms with Gasteiger partial charge < -0.3 is 14.8 Å². The Bertz CT molecular complexity index is 837. The van der Waals surface area contributed by atoms with Crippen molar-refractivity contribution in [2.45, 2.75) is 19.6 Å². The van der Waals surface area contributed by atoms with Gasteiger partial charge in [-0.3, -0.25) is 9.59 Å². The zero-order valence-electron chi connectivity index (χ0n) is 14.9. The molecule has 8 heteroatoms. The Kier molecular flexibility index (Phi) is 5.36. The first kappa shape index (κ1) is 19.2. The lowest BCUT2D eigenvalue weighted by Gasteiger charge is -2.32. The molecule has 0 unspecified atom stereocenters. The van der Waals surface area contributed by atoms with Crippen LogP contribution in [-0.4, -0.2) is 47.8 Å². The number of halogens is 3. The summed E-state index contributed by atoms with van der Waals surface area (Å²) in [6.45, 7) is 4.27. The first-order chi connectivity index (χ1) is 12.7. The van der Waals surface area contributed by atoms with Gasteiger partial charge in [-0.15, -0.1) is 0 Å². The summed E-state index contributed by atoms with van der Waals surface area (Å²) in [6, 6.07) is 6.93. The molecular formula is C19H21F3N3O2+. The van der Waals surface area contributed by atoms with Gasteiger partial charge in [0.15, 0.2) is 5.78 Å². The van der Waals surface area contributed by atoms with Crippen LogP contribution in [0.4, 0.5) is 13.2 Å². The van der Waals surface area contributed by atoms with E-state index >= 15 is 0 Å². The van der Waals surface area contributed by atoms with Crippen molar-refractivity contribution < 1.29 is 27.7 Å². The molecule has 1 fully saturated rings. The zero-order valence-corrected chi connectivity index (χ0v) is 14.9. The average Bonchev–Trinajstić information content (AvgIpc) is 3.12. The van der Waals surface area contributed by atoms with Crippen LogP contribution in [0.2, 0.25) is 0 Å². The van der Waals surface area contributed by atoms with Crippen LogP contribution in [-0.2, 0) is 12.7 Å². The number of quaternary nitrogens is 1. The van der Waals surface area contributed by atoms with E-state index in [1.54, 1.807) is 17.0 Å². The highest BCUT2D eigenvalue weighted by Crippen LogP contribution is 2.29.